The third kappa shape index (κ3) is 3.59. The molecule has 1 unspecified atom stereocenters. The largest absolute Gasteiger partial charge is 0.497 e. The highest BCUT2D eigenvalue weighted by Crippen LogP contribution is 2.31. The summed E-state index contributed by atoms with van der Waals surface area (Å²) in [6.07, 6.45) is -0.326. The molecule has 0 aliphatic heterocycles. The Bertz CT molecular complexity index is 617. The van der Waals surface area contributed by atoms with Crippen LogP contribution in [0.4, 0.5) is 4.39 Å². The summed E-state index contributed by atoms with van der Waals surface area (Å²) in [5.41, 5.74) is 1.58. The molecule has 2 aromatic carbocycles. The van der Waals surface area contributed by atoms with E-state index < -0.39 is 6.10 Å². The molecule has 106 valence electrons. The molecule has 0 aliphatic carbocycles. The predicted octanol–water partition coefficient (Wildman–Crippen LogP) is 4.64. The van der Waals surface area contributed by atoms with Crippen LogP contribution in [0.25, 0.3) is 0 Å². The average molecular weight is 404 g/mol. The maximum atomic E-state index is 13.1. The lowest BCUT2D eigenvalue weighted by molar-refractivity contribution is 0.177. The maximum Gasteiger partial charge on any atom is 0.124 e. The van der Waals surface area contributed by atoms with Gasteiger partial charge in [-0.25, -0.2) is 4.39 Å². The molecular weight excluding hydrogens is 391 g/mol. The van der Waals surface area contributed by atoms with Crippen molar-refractivity contribution in [1.29, 1.82) is 0 Å². The molecule has 0 bridgehead atoms. The molecule has 20 heavy (non-hydrogen) atoms. The Labute approximate surface area is 133 Å². The topological polar surface area (TPSA) is 29.5 Å². The monoisotopic (exact) mass is 402 g/mol. The van der Waals surface area contributed by atoms with Gasteiger partial charge in [-0.3, -0.25) is 0 Å². The van der Waals surface area contributed by atoms with Crippen molar-refractivity contribution in [2.75, 3.05) is 7.11 Å². The quantitative estimate of drug-likeness (QED) is 0.805. The van der Waals surface area contributed by atoms with Crippen molar-refractivity contribution in [1.82, 2.24) is 0 Å². The molecule has 0 fully saturated rings. The van der Waals surface area contributed by atoms with Crippen molar-refractivity contribution in [3.05, 3.63) is 62.3 Å². The number of halogens is 3. The third-order valence-corrected chi connectivity index (χ3v) is 4.45. The Balaban J connectivity index is 2.25. The first-order valence-corrected chi connectivity index (χ1v) is 7.55. The molecule has 2 rings (SSSR count). The lowest BCUT2D eigenvalue weighted by Crippen LogP contribution is -2.04. The Kier molecular flexibility index (Phi) is 5.18. The molecule has 1 N–H and O–H groups in total. The van der Waals surface area contributed by atoms with Crippen LogP contribution in [0.3, 0.4) is 0 Å². The molecule has 5 heteroatoms. The number of ether oxygens (including phenoxy) is 1. The molecule has 2 nitrogen and oxygen atoms in total. The van der Waals surface area contributed by atoms with Crippen LogP contribution in [0.2, 0.25) is 0 Å². The number of aliphatic hydroxyl groups excluding tert-OH is 1. The van der Waals surface area contributed by atoms with E-state index in [1.54, 1.807) is 19.2 Å². The normalized spacial score (nSPS) is 12.2. The van der Waals surface area contributed by atoms with Gasteiger partial charge in [-0.2, -0.15) is 0 Å². The summed E-state index contributed by atoms with van der Waals surface area (Å²) in [5.74, 6) is 0.373. The van der Waals surface area contributed by atoms with Gasteiger partial charge in [0, 0.05) is 15.4 Å². The fourth-order valence-corrected chi connectivity index (χ4v) is 2.93. The van der Waals surface area contributed by atoms with Crippen molar-refractivity contribution < 1.29 is 14.2 Å². The summed E-state index contributed by atoms with van der Waals surface area (Å²) < 4.78 is 19.7. The van der Waals surface area contributed by atoms with Gasteiger partial charge in [0.2, 0.25) is 0 Å². The molecule has 0 radical (unpaired) electrons. The number of benzene rings is 2. The van der Waals surface area contributed by atoms with Crippen LogP contribution in [-0.4, -0.2) is 12.2 Å². The fraction of sp³-hybridized carbons (Fsp3) is 0.200. The first-order valence-electron chi connectivity index (χ1n) is 5.96. The molecule has 0 saturated carbocycles. The van der Waals surface area contributed by atoms with E-state index >= 15 is 0 Å². The number of hydrogen-bond acceptors (Lipinski definition) is 2. The highest BCUT2D eigenvalue weighted by atomic mass is 79.9. The van der Waals surface area contributed by atoms with Gasteiger partial charge in [0.05, 0.1) is 13.2 Å². The minimum atomic E-state index is -0.707. The molecule has 0 aliphatic rings. The Morgan fingerprint density at radius 2 is 1.90 bits per heavy atom. The van der Waals surface area contributed by atoms with E-state index in [1.807, 2.05) is 12.1 Å². The van der Waals surface area contributed by atoms with Crippen LogP contribution >= 0.6 is 31.9 Å². The summed E-state index contributed by atoms with van der Waals surface area (Å²) in [6, 6.07) is 9.87. The molecule has 0 heterocycles. The molecule has 0 aromatic heterocycles. The van der Waals surface area contributed by atoms with Crippen LogP contribution in [-0.2, 0) is 6.42 Å². The van der Waals surface area contributed by atoms with E-state index in [0.717, 1.165) is 15.6 Å². The predicted molar refractivity (Wildman–Crippen MR) is 83.5 cm³/mol. The first-order chi connectivity index (χ1) is 9.51. The second-order valence-electron chi connectivity index (χ2n) is 4.34. The smallest absolute Gasteiger partial charge is 0.124 e. The Morgan fingerprint density at radius 1 is 1.15 bits per heavy atom. The summed E-state index contributed by atoms with van der Waals surface area (Å²) >= 11 is 6.72. The van der Waals surface area contributed by atoms with Gasteiger partial charge in [0.15, 0.2) is 0 Å². The third-order valence-electron chi connectivity index (χ3n) is 2.99. The summed E-state index contributed by atoms with van der Waals surface area (Å²) in [5, 5.41) is 10.4. The maximum absolute atomic E-state index is 13.1. The number of hydrogen-bond donors (Lipinski definition) is 1. The highest BCUT2D eigenvalue weighted by Gasteiger charge is 2.15. The van der Waals surface area contributed by atoms with Gasteiger partial charge in [0.25, 0.3) is 0 Å². The van der Waals surface area contributed by atoms with Gasteiger partial charge in [-0.15, -0.1) is 0 Å². The summed E-state index contributed by atoms with van der Waals surface area (Å²) in [7, 11) is 1.58. The van der Waals surface area contributed by atoms with Gasteiger partial charge < -0.3 is 9.84 Å². The van der Waals surface area contributed by atoms with Crippen LogP contribution < -0.4 is 4.74 Å². The molecule has 0 spiro atoms. The highest BCUT2D eigenvalue weighted by molar-refractivity contribution is 9.10. The van der Waals surface area contributed by atoms with E-state index in [2.05, 4.69) is 31.9 Å². The molecular formula is C15H13Br2FO2. The minimum Gasteiger partial charge on any atom is -0.497 e. The number of aliphatic hydroxyl groups is 1. The number of rotatable bonds is 4. The van der Waals surface area contributed by atoms with Crippen molar-refractivity contribution in [3.8, 4) is 5.75 Å². The zero-order valence-electron chi connectivity index (χ0n) is 10.7. The van der Waals surface area contributed by atoms with E-state index in [0.29, 0.717) is 16.6 Å². The van der Waals surface area contributed by atoms with Crippen molar-refractivity contribution >= 4 is 31.9 Å². The lowest BCUT2D eigenvalue weighted by atomic mass is 10.0. The first kappa shape index (κ1) is 15.5. The standard InChI is InChI=1S/C15H13Br2FO2/c1-20-11-4-5-13(16)12(8-11)15(19)6-9-2-3-10(18)7-14(9)17/h2-5,7-8,15,19H,6H2,1H3. The second kappa shape index (κ2) is 6.70. The van der Waals surface area contributed by atoms with Crippen LogP contribution in [0, 0.1) is 5.82 Å². The van der Waals surface area contributed by atoms with Crippen LogP contribution in [0.5, 0.6) is 5.75 Å². The zero-order valence-corrected chi connectivity index (χ0v) is 13.9. The van der Waals surface area contributed by atoms with Crippen molar-refractivity contribution in [2.24, 2.45) is 0 Å². The Hall–Kier alpha value is -0.910. The van der Waals surface area contributed by atoms with Crippen LogP contribution in [0.1, 0.15) is 17.2 Å². The number of methoxy groups -OCH3 is 1. The molecule has 0 saturated heterocycles. The summed E-state index contributed by atoms with van der Waals surface area (Å²) in [6.45, 7) is 0. The van der Waals surface area contributed by atoms with E-state index in [1.165, 1.54) is 12.1 Å². The SMILES string of the molecule is COc1ccc(Br)c(C(O)Cc2ccc(F)cc2Br)c1. The second-order valence-corrected chi connectivity index (χ2v) is 6.05. The van der Waals surface area contributed by atoms with Crippen LogP contribution in [0.15, 0.2) is 45.3 Å². The fourth-order valence-electron chi connectivity index (χ4n) is 1.91. The van der Waals surface area contributed by atoms with E-state index in [4.69, 9.17) is 4.74 Å². The van der Waals surface area contributed by atoms with Gasteiger partial charge in [0.1, 0.15) is 11.6 Å². The molecule has 1 atom stereocenters. The van der Waals surface area contributed by atoms with E-state index in [-0.39, 0.29) is 5.82 Å². The zero-order chi connectivity index (χ0) is 14.7. The molecule has 2 aromatic rings. The van der Waals surface area contributed by atoms with Gasteiger partial charge in [-0.1, -0.05) is 37.9 Å². The van der Waals surface area contributed by atoms with Gasteiger partial charge >= 0.3 is 0 Å². The van der Waals surface area contributed by atoms with Gasteiger partial charge in [-0.05, 0) is 41.5 Å². The van der Waals surface area contributed by atoms with E-state index in [9.17, 15) is 9.50 Å². The van der Waals surface area contributed by atoms with Crippen molar-refractivity contribution in [3.63, 3.8) is 0 Å². The molecule has 0 amide bonds. The average Bonchev–Trinajstić information content (AvgIpc) is 2.42. The van der Waals surface area contributed by atoms with Crippen molar-refractivity contribution in [2.45, 2.75) is 12.5 Å². The Morgan fingerprint density at radius 3 is 2.55 bits per heavy atom. The minimum absolute atomic E-state index is 0.308. The summed E-state index contributed by atoms with van der Waals surface area (Å²) in [4.78, 5) is 0. The lowest BCUT2D eigenvalue weighted by Gasteiger charge is -2.15.